The van der Waals surface area contributed by atoms with Gasteiger partial charge in [-0.15, -0.1) is 0 Å². The standard InChI is InChI=1S/C10H13F6N5/c1-5(2)21(4-9(11,12)13)7-3-6(20-17)18-8(19-7)10(14,15)16/h3,5H,4,17H2,1-2H3,(H,18,19,20). The van der Waals surface area contributed by atoms with Gasteiger partial charge in [0, 0.05) is 12.1 Å². The molecule has 11 heteroatoms. The van der Waals surface area contributed by atoms with Gasteiger partial charge < -0.3 is 10.3 Å². The van der Waals surface area contributed by atoms with Crippen LogP contribution in [-0.4, -0.2) is 28.7 Å². The van der Waals surface area contributed by atoms with Crippen molar-refractivity contribution in [3.05, 3.63) is 11.9 Å². The second kappa shape index (κ2) is 5.92. The smallest absolute Gasteiger partial charge is 0.345 e. The first-order valence-electron chi connectivity index (χ1n) is 5.70. The number of halogens is 6. The average molecular weight is 317 g/mol. The molecule has 0 bridgehead atoms. The summed E-state index contributed by atoms with van der Waals surface area (Å²) in [5.74, 6) is 2.47. The number of alkyl halides is 6. The Morgan fingerprint density at radius 3 is 2.14 bits per heavy atom. The third-order valence-corrected chi connectivity index (χ3v) is 2.38. The maximum atomic E-state index is 12.7. The molecule has 0 aliphatic carbocycles. The minimum atomic E-state index is -4.90. The molecule has 120 valence electrons. The third kappa shape index (κ3) is 4.92. The van der Waals surface area contributed by atoms with E-state index in [1.807, 2.05) is 5.43 Å². The van der Waals surface area contributed by atoms with Gasteiger partial charge in [0.05, 0.1) is 0 Å². The average Bonchev–Trinajstić information content (AvgIpc) is 2.33. The molecule has 5 nitrogen and oxygen atoms in total. The largest absolute Gasteiger partial charge is 0.451 e. The maximum absolute atomic E-state index is 12.7. The fourth-order valence-electron chi connectivity index (χ4n) is 1.50. The molecule has 0 aromatic carbocycles. The Morgan fingerprint density at radius 2 is 1.76 bits per heavy atom. The number of aromatic nitrogens is 2. The second-order valence-electron chi connectivity index (χ2n) is 4.41. The molecule has 0 saturated heterocycles. The van der Waals surface area contributed by atoms with Crippen molar-refractivity contribution in [3.8, 4) is 0 Å². The van der Waals surface area contributed by atoms with Crippen molar-refractivity contribution in [2.45, 2.75) is 32.2 Å². The van der Waals surface area contributed by atoms with Crippen molar-refractivity contribution in [1.82, 2.24) is 9.97 Å². The summed E-state index contributed by atoms with van der Waals surface area (Å²) in [5, 5.41) is 0. The van der Waals surface area contributed by atoms with E-state index in [0.29, 0.717) is 4.90 Å². The summed E-state index contributed by atoms with van der Waals surface area (Å²) in [7, 11) is 0. The van der Waals surface area contributed by atoms with Crippen molar-refractivity contribution in [3.63, 3.8) is 0 Å². The molecule has 0 aliphatic rings. The molecule has 0 unspecified atom stereocenters. The molecule has 1 heterocycles. The molecule has 3 N–H and O–H groups in total. The monoisotopic (exact) mass is 317 g/mol. The molecule has 0 fully saturated rings. The van der Waals surface area contributed by atoms with E-state index >= 15 is 0 Å². The highest BCUT2D eigenvalue weighted by atomic mass is 19.4. The van der Waals surface area contributed by atoms with E-state index in [-0.39, 0.29) is 0 Å². The van der Waals surface area contributed by atoms with Gasteiger partial charge in [-0.3, -0.25) is 0 Å². The zero-order chi connectivity index (χ0) is 16.4. The summed E-state index contributed by atoms with van der Waals surface area (Å²) in [4.78, 5) is 6.91. The number of hydrogen-bond acceptors (Lipinski definition) is 5. The molecule has 1 rings (SSSR count). The Bertz CT molecular complexity index is 484. The summed E-state index contributed by atoms with van der Waals surface area (Å²) in [6, 6.07) is 0.189. The number of nitrogens with two attached hydrogens (primary N) is 1. The first kappa shape index (κ1) is 17.3. The predicted octanol–water partition coefficient (Wildman–Crippen LogP) is 2.56. The summed E-state index contributed by atoms with van der Waals surface area (Å²) in [6.45, 7) is 1.36. The fraction of sp³-hybridized carbons (Fsp3) is 0.600. The van der Waals surface area contributed by atoms with Gasteiger partial charge in [-0.1, -0.05) is 0 Å². The summed E-state index contributed by atoms with van der Waals surface area (Å²) >= 11 is 0. The van der Waals surface area contributed by atoms with Crippen LogP contribution >= 0.6 is 0 Å². The lowest BCUT2D eigenvalue weighted by molar-refractivity contribution is -0.144. The van der Waals surface area contributed by atoms with Crippen LogP contribution in [0.4, 0.5) is 38.0 Å². The highest BCUT2D eigenvalue weighted by Crippen LogP contribution is 2.30. The number of anilines is 2. The van der Waals surface area contributed by atoms with Crippen LogP contribution in [0.15, 0.2) is 6.07 Å². The molecule has 0 radical (unpaired) electrons. The zero-order valence-corrected chi connectivity index (χ0v) is 11.0. The molecular formula is C10H13F6N5. The fourth-order valence-corrected chi connectivity index (χ4v) is 1.50. The van der Waals surface area contributed by atoms with E-state index in [2.05, 4.69) is 9.97 Å². The highest BCUT2D eigenvalue weighted by Gasteiger charge is 2.37. The highest BCUT2D eigenvalue weighted by molar-refractivity contribution is 5.49. The minimum Gasteiger partial charge on any atom is -0.345 e. The molecule has 1 aromatic heterocycles. The number of rotatable bonds is 4. The number of nitrogens with one attached hydrogen (secondary N) is 1. The zero-order valence-electron chi connectivity index (χ0n) is 11.0. The Balaban J connectivity index is 3.31. The second-order valence-corrected chi connectivity index (χ2v) is 4.41. The van der Waals surface area contributed by atoms with E-state index in [1.165, 1.54) is 13.8 Å². The van der Waals surface area contributed by atoms with Crippen molar-refractivity contribution < 1.29 is 26.3 Å². The van der Waals surface area contributed by atoms with Gasteiger partial charge in [-0.05, 0) is 13.8 Å². The maximum Gasteiger partial charge on any atom is 0.451 e. The molecule has 0 atom stereocenters. The Hall–Kier alpha value is -1.78. The van der Waals surface area contributed by atoms with Crippen molar-refractivity contribution >= 4 is 11.6 Å². The van der Waals surface area contributed by atoms with Crippen LogP contribution in [0.2, 0.25) is 0 Å². The molecule has 0 amide bonds. The van der Waals surface area contributed by atoms with Crippen molar-refractivity contribution in [1.29, 1.82) is 0 Å². The lowest BCUT2D eigenvalue weighted by Gasteiger charge is -2.29. The normalized spacial score (nSPS) is 12.7. The summed E-state index contributed by atoms with van der Waals surface area (Å²) in [5.41, 5.74) is 1.88. The predicted molar refractivity (Wildman–Crippen MR) is 63.4 cm³/mol. The van der Waals surface area contributed by atoms with Crippen LogP contribution in [0.1, 0.15) is 19.7 Å². The minimum absolute atomic E-state index is 0.430. The lowest BCUT2D eigenvalue weighted by Crippen LogP contribution is -2.40. The summed E-state index contributed by atoms with van der Waals surface area (Å²) in [6.07, 6.45) is -9.49. The topological polar surface area (TPSA) is 67.1 Å². The number of hydrazine groups is 1. The van der Waals surface area contributed by atoms with Crippen molar-refractivity contribution in [2.75, 3.05) is 16.9 Å². The quantitative estimate of drug-likeness (QED) is 0.507. The van der Waals surface area contributed by atoms with E-state index in [0.717, 1.165) is 6.07 Å². The Labute approximate surface area is 116 Å². The van der Waals surface area contributed by atoms with Crippen LogP contribution in [0.25, 0.3) is 0 Å². The third-order valence-electron chi connectivity index (χ3n) is 2.38. The number of hydrogen-bond donors (Lipinski definition) is 2. The van der Waals surface area contributed by atoms with Crippen LogP contribution in [0.5, 0.6) is 0 Å². The molecule has 0 aliphatic heterocycles. The van der Waals surface area contributed by atoms with Gasteiger partial charge in [0.15, 0.2) is 0 Å². The number of nitrogen functional groups attached to an aromatic ring is 1. The lowest BCUT2D eigenvalue weighted by atomic mass is 10.3. The van der Waals surface area contributed by atoms with Gasteiger partial charge in [0.25, 0.3) is 0 Å². The van der Waals surface area contributed by atoms with E-state index < -0.39 is 42.4 Å². The molecule has 0 saturated carbocycles. The molecule has 1 aromatic rings. The first-order chi connectivity index (χ1) is 9.44. The SMILES string of the molecule is CC(C)N(CC(F)(F)F)c1cc(NN)nc(C(F)(F)F)n1. The van der Waals surface area contributed by atoms with Gasteiger partial charge in [0.2, 0.25) is 5.82 Å². The molecule has 0 spiro atoms. The van der Waals surface area contributed by atoms with Crippen LogP contribution in [0, 0.1) is 0 Å². The van der Waals surface area contributed by atoms with Gasteiger partial charge in [-0.2, -0.15) is 26.3 Å². The Kier molecular flexibility index (Phi) is 4.87. The van der Waals surface area contributed by atoms with Gasteiger partial charge >= 0.3 is 12.4 Å². The van der Waals surface area contributed by atoms with E-state index in [4.69, 9.17) is 5.84 Å². The Morgan fingerprint density at radius 1 is 1.19 bits per heavy atom. The van der Waals surface area contributed by atoms with Crippen LogP contribution < -0.4 is 16.2 Å². The van der Waals surface area contributed by atoms with E-state index in [1.54, 1.807) is 0 Å². The van der Waals surface area contributed by atoms with E-state index in [9.17, 15) is 26.3 Å². The first-order valence-corrected chi connectivity index (χ1v) is 5.70. The number of nitrogens with zero attached hydrogens (tertiary/aromatic N) is 3. The van der Waals surface area contributed by atoms with Gasteiger partial charge in [-0.25, -0.2) is 15.8 Å². The molecule has 21 heavy (non-hydrogen) atoms. The van der Waals surface area contributed by atoms with Crippen LogP contribution in [-0.2, 0) is 6.18 Å². The van der Waals surface area contributed by atoms with Crippen LogP contribution in [0.3, 0.4) is 0 Å². The summed E-state index contributed by atoms with van der Waals surface area (Å²) < 4.78 is 75.5. The van der Waals surface area contributed by atoms with Gasteiger partial charge in [0.1, 0.15) is 18.2 Å². The van der Waals surface area contributed by atoms with Crippen molar-refractivity contribution in [2.24, 2.45) is 5.84 Å². The molecular weight excluding hydrogens is 304 g/mol.